The third-order valence-electron chi connectivity index (χ3n) is 3.56. The van der Waals surface area contributed by atoms with E-state index in [2.05, 4.69) is 10.4 Å². The van der Waals surface area contributed by atoms with Gasteiger partial charge in [0, 0.05) is 11.3 Å². The van der Waals surface area contributed by atoms with Crippen LogP contribution in [0.2, 0.25) is 0 Å². The summed E-state index contributed by atoms with van der Waals surface area (Å²) >= 11 is 0. The molecule has 0 aliphatic carbocycles. The van der Waals surface area contributed by atoms with E-state index in [4.69, 9.17) is 5.11 Å². The predicted octanol–water partition coefficient (Wildman–Crippen LogP) is 2.15. The van der Waals surface area contributed by atoms with E-state index in [1.165, 1.54) is 34.6 Å². The maximum absolute atomic E-state index is 12.5. The van der Waals surface area contributed by atoms with Crippen molar-refractivity contribution in [2.75, 3.05) is 0 Å². The largest absolute Gasteiger partial charge is 0.480 e. The summed E-state index contributed by atoms with van der Waals surface area (Å²) in [7, 11) is 0. The monoisotopic (exact) mass is 335 g/mol. The molecule has 23 heavy (non-hydrogen) atoms. The van der Waals surface area contributed by atoms with E-state index in [1.807, 2.05) is 0 Å². The van der Waals surface area contributed by atoms with Crippen LogP contribution in [-0.2, 0) is 16.1 Å². The van der Waals surface area contributed by atoms with E-state index in [0.717, 1.165) is 4.68 Å². The van der Waals surface area contributed by atoms with Gasteiger partial charge in [0.25, 0.3) is 0 Å². The number of hydrogen-bond donors (Lipinski definition) is 2. The van der Waals surface area contributed by atoms with Crippen molar-refractivity contribution < 1.29 is 27.9 Å². The summed E-state index contributed by atoms with van der Waals surface area (Å²) < 4.78 is 38.4. The second kappa shape index (κ2) is 6.21. The molecular weight excluding hydrogens is 315 g/mol. The van der Waals surface area contributed by atoms with Gasteiger partial charge in [0.2, 0.25) is 5.91 Å². The first-order valence-electron chi connectivity index (χ1n) is 6.92. The third-order valence-corrected chi connectivity index (χ3v) is 3.56. The van der Waals surface area contributed by atoms with Crippen LogP contribution in [0.1, 0.15) is 43.6 Å². The first kappa shape index (κ1) is 19.0. The number of aryl methyl sites for hydroxylation is 1. The lowest BCUT2D eigenvalue weighted by Crippen LogP contribution is -2.50. The Morgan fingerprint density at radius 1 is 1.30 bits per heavy atom. The Morgan fingerprint density at radius 2 is 1.83 bits per heavy atom. The van der Waals surface area contributed by atoms with Gasteiger partial charge < -0.3 is 10.4 Å². The lowest BCUT2D eigenvalue weighted by atomic mass is 9.96. The highest BCUT2D eigenvalue weighted by Crippen LogP contribution is 2.26. The zero-order valence-electron chi connectivity index (χ0n) is 13.6. The number of amides is 1. The van der Waals surface area contributed by atoms with Crippen molar-refractivity contribution >= 4 is 11.9 Å². The van der Waals surface area contributed by atoms with E-state index in [-0.39, 0.29) is 5.69 Å². The number of carbonyl (C=O) groups is 2. The van der Waals surface area contributed by atoms with Gasteiger partial charge in [0.1, 0.15) is 12.1 Å². The van der Waals surface area contributed by atoms with E-state index in [1.54, 1.807) is 0 Å². The Labute approximate surface area is 131 Å². The predicted molar refractivity (Wildman–Crippen MR) is 76.0 cm³/mol. The van der Waals surface area contributed by atoms with Crippen LogP contribution in [0.25, 0.3) is 0 Å². The van der Waals surface area contributed by atoms with Crippen LogP contribution in [0.15, 0.2) is 0 Å². The summed E-state index contributed by atoms with van der Waals surface area (Å²) in [6, 6.07) is 0. The Balaban J connectivity index is 3.07. The minimum atomic E-state index is -4.42. The van der Waals surface area contributed by atoms with Gasteiger partial charge in [-0.05, 0) is 34.6 Å². The molecule has 0 saturated heterocycles. The number of nitrogens with one attached hydrogen (secondary N) is 1. The number of alkyl halides is 3. The molecule has 0 aromatic carbocycles. The highest BCUT2D eigenvalue weighted by molar-refractivity contribution is 5.90. The minimum absolute atomic E-state index is 0.232. The quantitative estimate of drug-likeness (QED) is 0.863. The number of hydrogen-bond acceptors (Lipinski definition) is 3. The Morgan fingerprint density at radius 3 is 2.26 bits per heavy atom. The number of rotatable bonds is 5. The Hall–Kier alpha value is -2.06. The van der Waals surface area contributed by atoms with E-state index in [9.17, 15) is 22.8 Å². The maximum Gasteiger partial charge on any atom is 0.408 e. The summed E-state index contributed by atoms with van der Waals surface area (Å²) in [5.41, 5.74) is -0.569. The van der Waals surface area contributed by atoms with Crippen molar-refractivity contribution in [2.45, 2.75) is 58.8 Å². The van der Waals surface area contributed by atoms with Crippen molar-refractivity contribution in [2.24, 2.45) is 0 Å². The maximum atomic E-state index is 12.5. The molecule has 1 atom stereocenters. The molecule has 9 heteroatoms. The fourth-order valence-corrected chi connectivity index (χ4v) is 2.26. The molecule has 1 heterocycles. The fourth-order valence-electron chi connectivity index (χ4n) is 2.26. The molecule has 6 nitrogen and oxygen atoms in total. The highest BCUT2D eigenvalue weighted by Gasteiger charge is 2.34. The van der Waals surface area contributed by atoms with Crippen LogP contribution in [0.5, 0.6) is 0 Å². The molecule has 0 radical (unpaired) electrons. The van der Waals surface area contributed by atoms with Gasteiger partial charge >= 0.3 is 12.1 Å². The van der Waals surface area contributed by atoms with Gasteiger partial charge in [-0.15, -0.1) is 0 Å². The summed E-state index contributed by atoms with van der Waals surface area (Å²) in [5, 5.41) is 15.2. The van der Waals surface area contributed by atoms with Gasteiger partial charge in [-0.25, -0.2) is 4.79 Å². The Kier molecular flexibility index (Phi) is 5.13. The first-order valence-corrected chi connectivity index (χ1v) is 6.92. The second-order valence-corrected chi connectivity index (χ2v) is 6.00. The molecule has 0 aliphatic heterocycles. The van der Waals surface area contributed by atoms with Gasteiger partial charge in [-0.2, -0.15) is 18.3 Å². The number of halogens is 3. The topological polar surface area (TPSA) is 84.2 Å². The molecule has 0 aliphatic rings. The zero-order valence-corrected chi connectivity index (χ0v) is 13.6. The number of carboxylic acid groups (broad SMARTS) is 1. The molecule has 1 amide bonds. The van der Waals surface area contributed by atoms with Crippen molar-refractivity contribution in [3.05, 3.63) is 17.0 Å². The molecule has 1 aromatic rings. The van der Waals surface area contributed by atoms with Crippen LogP contribution in [0.3, 0.4) is 0 Å². The average molecular weight is 335 g/mol. The second-order valence-electron chi connectivity index (χ2n) is 6.00. The standard InChI is InChI=1S/C14H20F3N3O3/c1-7(11(21)18-13(4,5)12(22)23)10-8(2)19-20(9(10)3)6-14(15,16)17/h7H,6H2,1-5H3,(H,18,21)(H,22,23). The SMILES string of the molecule is Cc1nn(CC(F)(F)F)c(C)c1C(C)C(=O)NC(C)(C)C(=O)O. The average Bonchev–Trinajstić information content (AvgIpc) is 2.60. The van der Waals surface area contributed by atoms with Crippen LogP contribution in [0, 0.1) is 13.8 Å². The van der Waals surface area contributed by atoms with Gasteiger partial charge in [0.15, 0.2) is 0 Å². The first-order chi connectivity index (χ1) is 10.3. The highest BCUT2D eigenvalue weighted by atomic mass is 19.4. The zero-order chi connectivity index (χ0) is 18.2. The van der Waals surface area contributed by atoms with E-state index in [0.29, 0.717) is 11.3 Å². The molecule has 0 fully saturated rings. The molecule has 1 aromatic heterocycles. The lowest BCUT2D eigenvalue weighted by Gasteiger charge is -2.23. The number of aliphatic carboxylic acids is 1. The fraction of sp³-hybridized carbons (Fsp3) is 0.643. The Bertz CT molecular complexity index is 621. The van der Waals surface area contributed by atoms with E-state index >= 15 is 0 Å². The lowest BCUT2D eigenvalue weighted by molar-refractivity contribution is -0.146. The van der Waals surface area contributed by atoms with E-state index < -0.39 is 36.1 Å². The molecule has 130 valence electrons. The minimum Gasteiger partial charge on any atom is -0.480 e. The molecule has 0 bridgehead atoms. The number of carboxylic acids is 1. The molecule has 0 saturated carbocycles. The molecular formula is C14H20F3N3O3. The third kappa shape index (κ3) is 4.46. The number of aromatic nitrogens is 2. The van der Waals surface area contributed by atoms with Crippen LogP contribution < -0.4 is 5.32 Å². The number of carbonyl (C=O) groups excluding carboxylic acids is 1. The molecule has 1 unspecified atom stereocenters. The van der Waals surface area contributed by atoms with Crippen molar-refractivity contribution in [3.8, 4) is 0 Å². The van der Waals surface area contributed by atoms with Crippen LogP contribution in [-0.4, -0.2) is 38.5 Å². The van der Waals surface area contributed by atoms with Crippen molar-refractivity contribution in [3.63, 3.8) is 0 Å². The van der Waals surface area contributed by atoms with Crippen LogP contribution >= 0.6 is 0 Å². The normalized spacial score (nSPS) is 13.7. The summed E-state index contributed by atoms with van der Waals surface area (Å²) in [6.07, 6.45) is -4.42. The van der Waals surface area contributed by atoms with Crippen molar-refractivity contribution in [1.82, 2.24) is 15.1 Å². The number of nitrogens with zero attached hydrogens (tertiary/aromatic N) is 2. The smallest absolute Gasteiger partial charge is 0.408 e. The molecule has 2 N–H and O–H groups in total. The van der Waals surface area contributed by atoms with Crippen molar-refractivity contribution in [1.29, 1.82) is 0 Å². The van der Waals surface area contributed by atoms with Gasteiger partial charge in [0.05, 0.1) is 11.6 Å². The summed E-state index contributed by atoms with van der Waals surface area (Å²) in [5.74, 6) is -2.62. The van der Waals surface area contributed by atoms with Gasteiger partial charge in [-0.3, -0.25) is 9.48 Å². The molecule has 1 rings (SSSR count). The molecule has 0 spiro atoms. The summed E-state index contributed by atoms with van der Waals surface area (Å²) in [6.45, 7) is 5.88. The van der Waals surface area contributed by atoms with Crippen LogP contribution in [0.4, 0.5) is 13.2 Å². The summed E-state index contributed by atoms with van der Waals surface area (Å²) in [4.78, 5) is 23.3. The van der Waals surface area contributed by atoms with Gasteiger partial charge in [-0.1, -0.05) is 0 Å².